The predicted octanol–water partition coefficient (Wildman–Crippen LogP) is 4.81. The number of furan rings is 1. The number of aryl methyl sites for hydroxylation is 1. The molecule has 0 spiro atoms. The molecule has 0 aliphatic carbocycles. The number of carbonyl (C=O) groups is 1. The molecule has 0 radical (unpaired) electrons. The van der Waals surface area contributed by atoms with Crippen molar-refractivity contribution in [2.45, 2.75) is 33.2 Å². The van der Waals surface area contributed by atoms with Gasteiger partial charge in [-0.2, -0.15) is 0 Å². The zero-order chi connectivity index (χ0) is 19.5. The molecule has 144 valence electrons. The molecule has 0 unspecified atom stereocenters. The number of hydrogen-bond donors (Lipinski definition) is 1. The number of amides is 1. The molecule has 1 aliphatic rings. The fraction of sp³-hybridized carbons (Fsp3) is 0.304. The fourth-order valence-electron chi connectivity index (χ4n) is 3.64. The third kappa shape index (κ3) is 3.99. The first-order valence-corrected chi connectivity index (χ1v) is 9.76. The van der Waals surface area contributed by atoms with Gasteiger partial charge in [-0.25, -0.2) is 4.98 Å². The normalized spacial score (nSPS) is 14.4. The van der Waals surface area contributed by atoms with Crippen LogP contribution in [0.5, 0.6) is 0 Å². The Bertz CT molecular complexity index is 973. The maximum absolute atomic E-state index is 12.7. The minimum atomic E-state index is -0.276. The number of likely N-dealkylation sites (tertiary alicyclic amines) is 1. The molecule has 0 bridgehead atoms. The summed E-state index contributed by atoms with van der Waals surface area (Å²) in [5, 5.41) is 2.89. The summed E-state index contributed by atoms with van der Waals surface area (Å²) in [6.45, 7) is 6.95. The van der Waals surface area contributed by atoms with E-state index in [2.05, 4.69) is 27.3 Å². The third-order valence-corrected chi connectivity index (χ3v) is 5.31. The quantitative estimate of drug-likeness (QED) is 0.695. The molecule has 28 heavy (non-hydrogen) atoms. The van der Waals surface area contributed by atoms with E-state index in [4.69, 9.17) is 4.42 Å². The van der Waals surface area contributed by atoms with Gasteiger partial charge < -0.3 is 9.73 Å². The zero-order valence-electron chi connectivity index (χ0n) is 16.4. The number of nitrogens with zero attached hydrogens (tertiary/aromatic N) is 2. The van der Waals surface area contributed by atoms with E-state index in [9.17, 15) is 4.79 Å². The molecule has 2 aromatic heterocycles. The van der Waals surface area contributed by atoms with Crippen LogP contribution in [0, 0.1) is 13.8 Å². The Kier molecular flexibility index (Phi) is 5.26. The van der Waals surface area contributed by atoms with Crippen molar-refractivity contribution in [2.24, 2.45) is 0 Å². The molecule has 3 aromatic rings. The lowest BCUT2D eigenvalue weighted by Gasteiger charge is -2.12. The summed E-state index contributed by atoms with van der Waals surface area (Å²) in [6, 6.07) is 15.7. The minimum absolute atomic E-state index is 0.276. The summed E-state index contributed by atoms with van der Waals surface area (Å²) in [5.74, 6) is 1.40. The molecule has 1 fully saturated rings. The smallest absolute Gasteiger partial charge is 0.292 e. The Morgan fingerprint density at radius 3 is 2.61 bits per heavy atom. The van der Waals surface area contributed by atoms with Crippen molar-refractivity contribution in [2.75, 3.05) is 18.4 Å². The standard InChI is InChI=1S/C23H25N3O2/c1-16-17(2)24-22(14-20(16)18-8-4-3-5-9-18)25-23(27)21-11-10-19(28-21)15-26-12-6-7-13-26/h3-5,8-11,14H,6-7,12-13,15H2,1-2H3,(H,24,25,27). The molecule has 4 rings (SSSR count). The Hall–Kier alpha value is -2.92. The van der Waals surface area contributed by atoms with E-state index in [1.807, 2.05) is 44.2 Å². The second-order valence-corrected chi connectivity index (χ2v) is 7.33. The van der Waals surface area contributed by atoms with Crippen LogP contribution in [0.1, 0.15) is 40.4 Å². The number of pyridine rings is 1. The van der Waals surface area contributed by atoms with Gasteiger partial charge in [0.15, 0.2) is 5.76 Å². The summed E-state index contributed by atoms with van der Waals surface area (Å²) in [4.78, 5) is 19.5. The Balaban J connectivity index is 1.51. The average molecular weight is 375 g/mol. The van der Waals surface area contributed by atoms with E-state index >= 15 is 0 Å². The molecule has 3 heterocycles. The van der Waals surface area contributed by atoms with Crippen LogP contribution in [0.25, 0.3) is 11.1 Å². The van der Waals surface area contributed by atoms with Crippen molar-refractivity contribution < 1.29 is 9.21 Å². The molecule has 5 nitrogen and oxygen atoms in total. The molecule has 0 saturated carbocycles. The number of benzene rings is 1. The van der Waals surface area contributed by atoms with Gasteiger partial charge in [0.1, 0.15) is 11.6 Å². The SMILES string of the molecule is Cc1nc(NC(=O)c2ccc(CN3CCCC3)o2)cc(-c2ccccc2)c1C. The van der Waals surface area contributed by atoms with E-state index in [0.29, 0.717) is 11.6 Å². The van der Waals surface area contributed by atoms with E-state index in [-0.39, 0.29) is 5.91 Å². The van der Waals surface area contributed by atoms with Gasteiger partial charge in [0, 0.05) is 5.69 Å². The molecule has 0 atom stereocenters. The number of carbonyl (C=O) groups excluding carboxylic acids is 1. The summed E-state index contributed by atoms with van der Waals surface area (Å²) in [7, 11) is 0. The van der Waals surface area contributed by atoms with Crippen LogP contribution in [-0.2, 0) is 6.54 Å². The van der Waals surface area contributed by atoms with Crippen LogP contribution < -0.4 is 5.32 Å². The molecule has 5 heteroatoms. The topological polar surface area (TPSA) is 58.4 Å². The van der Waals surface area contributed by atoms with Crippen LogP contribution >= 0.6 is 0 Å². The van der Waals surface area contributed by atoms with Gasteiger partial charge in [-0.3, -0.25) is 9.69 Å². The number of nitrogens with one attached hydrogen (secondary N) is 1. The van der Waals surface area contributed by atoms with Crippen LogP contribution in [0.15, 0.2) is 52.9 Å². The molecule has 1 N–H and O–H groups in total. The second-order valence-electron chi connectivity index (χ2n) is 7.33. The van der Waals surface area contributed by atoms with Gasteiger partial charge in [0.05, 0.1) is 6.54 Å². The molecule has 1 saturated heterocycles. The highest BCUT2D eigenvalue weighted by Crippen LogP contribution is 2.27. The van der Waals surface area contributed by atoms with E-state index in [1.54, 1.807) is 6.07 Å². The van der Waals surface area contributed by atoms with Gasteiger partial charge >= 0.3 is 0 Å². The first kappa shape index (κ1) is 18.4. The van der Waals surface area contributed by atoms with Crippen LogP contribution in [-0.4, -0.2) is 28.9 Å². The second kappa shape index (κ2) is 7.98. The summed E-state index contributed by atoms with van der Waals surface area (Å²) in [6.07, 6.45) is 2.46. The number of rotatable bonds is 5. The molecule has 1 aliphatic heterocycles. The van der Waals surface area contributed by atoms with Gasteiger partial charge in [-0.1, -0.05) is 30.3 Å². The molecular weight excluding hydrogens is 350 g/mol. The van der Waals surface area contributed by atoms with Gasteiger partial charge in [-0.15, -0.1) is 0 Å². The zero-order valence-corrected chi connectivity index (χ0v) is 16.4. The van der Waals surface area contributed by atoms with E-state index < -0.39 is 0 Å². The highest BCUT2D eigenvalue weighted by molar-refractivity contribution is 6.02. The van der Waals surface area contributed by atoms with Crippen LogP contribution in [0.2, 0.25) is 0 Å². The van der Waals surface area contributed by atoms with Gasteiger partial charge in [0.2, 0.25) is 0 Å². The minimum Gasteiger partial charge on any atom is -0.455 e. The highest BCUT2D eigenvalue weighted by Gasteiger charge is 2.17. The third-order valence-electron chi connectivity index (χ3n) is 5.31. The summed E-state index contributed by atoms with van der Waals surface area (Å²) < 4.78 is 5.77. The number of hydrogen-bond acceptors (Lipinski definition) is 4. The highest BCUT2D eigenvalue weighted by atomic mass is 16.4. The summed E-state index contributed by atoms with van der Waals surface area (Å²) >= 11 is 0. The number of anilines is 1. The number of aromatic nitrogens is 1. The van der Waals surface area contributed by atoms with Gasteiger partial charge in [-0.05, 0) is 74.7 Å². The molecule has 1 amide bonds. The fourth-order valence-corrected chi connectivity index (χ4v) is 3.64. The first-order valence-electron chi connectivity index (χ1n) is 9.76. The van der Waals surface area contributed by atoms with E-state index in [1.165, 1.54) is 12.8 Å². The lowest BCUT2D eigenvalue weighted by atomic mass is 10.0. The van der Waals surface area contributed by atoms with Crippen molar-refractivity contribution in [3.63, 3.8) is 0 Å². The Labute approximate surface area is 165 Å². The van der Waals surface area contributed by atoms with Crippen molar-refractivity contribution >= 4 is 11.7 Å². The lowest BCUT2D eigenvalue weighted by molar-refractivity contribution is 0.0993. The first-order chi connectivity index (χ1) is 13.6. The van der Waals surface area contributed by atoms with Crippen molar-refractivity contribution in [1.29, 1.82) is 0 Å². The summed E-state index contributed by atoms with van der Waals surface area (Å²) in [5.41, 5.74) is 4.17. The van der Waals surface area contributed by atoms with Crippen molar-refractivity contribution in [1.82, 2.24) is 9.88 Å². The van der Waals surface area contributed by atoms with E-state index in [0.717, 1.165) is 47.8 Å². The largest absolute Gasteiger partial charge is 0.455 e. The monoisotopic (exact) mass is 375 g/mol. The molecule has 1 aromatic carbocycles. The van der Waals surface area contributed by atoms with Crippen molar-refractivity contribution in [3.8, 4) is 11.1 Å². The maximum atomic E-state index is 12.7. The molecular formula is C23H25N3O2. The lowest BCUT2D eigenvalue weighted by Crippen LogP contribution is -2.18. The average Bonchev–Trinajstić information content (AvgIpc) is 3.38. The Morgan fingerprint density at radius 1 is 1.11 bits per heavy atom. The van der Waals surface area contributed by atoms with Crippen molar-refractivity contribution in [3.05, 3.63) is 71.3 Å². The van der Waals surface area contributed by atoms with Crippen LogP contribution in [0.4, 0.5) is 5.82 Å². The maximum Gasteiger partial charge on any atom is 0.292 e. The predicted molar refractivity (Wildman–Crippen MR) is 110 cm³/mol. The van der Waals surface area contributed by atoms with Gasteiger partial charge in [0.25, 0.3) is 5.91 Å². The van der Waals surface area contributed by atoms with Crippen LogP contribution in [0.3, 0.4) is 0 Å². The Morgan fingerprint density at radius 2 is 1.86 bits per heavy atom.